The number of ether oxygens (including phenoxy) is 1. The molecule has 0 aromatic rings. The van der Waals surface area contributed by atoms with E-state index < -0.39 is 6.09 Å². The van der Waals surface area contributed by atoms with Crippen LogP contribution in [0.4, 0.5) is 4.79 Å². The largest absolute Gasteiger partial charge is 0.452 e. The van der Waals surface area contributed by atoms with Crippen LogP contribution < -0.4 is 0 Å². The average molecular weight is 183 g/mol. The van der Waals surface area contributed by atoms with E-state index in [2.05, 4.69) is 10.7 Å². The van der Waals surface area contributed by atoms with Crippen LogP contribution in [0.15, 0.2) is 0 Å². The molecule has 0 unspecified atom stereocenters. The highest BCUT2D eigenvalue weighted by Gasteiger charge is 2.16. The quantitative estimate of drug-likeness (QED) is 0.358. The third kappa shape index (κ3) is 3.03. The minimum Gasteiger partial charge on any atom is -0.452 e. The molecule has 13 heavy (non-hydrogen) atoms. The predicted molar refractivity (Wildman–Crippen MR) is 49.4 cm³/mol. The lowest BCUT2D eigenvalue weighted by atomic mass is 10.5. The Morgan fingerprint density at radius 2 is 2.15 bits per heavy atom. The summed E-state index contributed by atoms with van der Waals surface area (Å²) in [5.41, 5.74) is 0. The van der Waals surface area contributed by atoms with E-state index in [-0.39, 0.29) is 12.5 Å². The summed E-state index contributed by atoms with van der Waals surface area (Å²) in [6, 6.07) is 0. The van der Waals surface area contributed by atoms with Gasteiger partial charge in [0.25, 0.3) is 0 Å². The molecule has 1 amide bonds. The van der Waals surface area contributed by atoms with Crippen LogP contribution in [0.5, 0.6) is 0 Å². The van der Waals surface area contributed by atoms with Gasteiger partial charge in [0.2, 0.25) is 5.96 Å². The summed E-state index contributed by atoms with van der Waals surface area (Å²) in [6.07, 6.45) is 4.46. The van der Waals surface area contributed by atoms with Gasteiger partial charge < -0.3 is 9.64 Å². The van der Waals surface area contributed by atoms with E-state index in [1.165, 1.54) is 19.1 Å². The second-order valence-corrected chi connectivity index (χ2v) is 2.41. The van der Waals surface area contributed by atoms with E-state index in [0.717, 1.165) is 4.90 Å². The minimum atomic E-state index is -0.589. The molecule has 0 aliphatic carbocycles. The van der Waals surface area contributed by atoms with E-state index in [1.807, 2.05) is 0 Å². The summed E-state index contributed by atoms with van der Waals surface area (Å²) < 4.78 is 4.43. The minimum absolute atomic E-state index is 0.00444. The van der Waals surface area contributed by atoms with Crippen molar-refractivity contribution in [2.75, 3.05) is 27.7 Å². The van der Waals surface area contributed by atoms with Crippen molar-refractivity contribution < 1.29 is 9.53 Å². The van der Waals surface area contributed by atoms with Gasteiger partial charge in [0.1, 0.15) is 0 Å². The maximum atomic E-state index is 10.9. The number of nitrogens with one attached hydrogen (secondary N) is 1. The molecule has 0 saturated carbocycles. The summed E-state index contributed by atoms with van der Waals surface area (Å²) in [4.78, 5) is 13.5. The van der Waals surface area contributed by atoms with E-state index >= 15 is 0 Å². The topological polar surface area (TPSA) is 56.6 Å². The first-order chi connectivity index (χ1) is 6.04. The first-order valence-corrected chi connectivity index (χ1v) is 3.59. The van der Waals surface area contributed by atoms with Crippen molar-refractivity contribution in [3.05, 3.63) is 0 Å². The van der Waals surface area contributed by atoms with E-state index in [4.69, 9.17) is 11.8 Å². The number of terminal acetylenes is 1. The number of carbonyl (C=O) groups is 1. The van der Waals surface area contributed by atoms with Gasteiger partial charge in [0.05, 0.1) is 13.7 Å². The van der Waals surface area contributed by atoms with Gasteiger partial charge in [0, 0.05) is 14.1 Å². The zero-order valence-electron chi connectivity index (χ0n) is 8.00. The molecular formula is C8H13N3O2. The van der Waals surface area contributed by atoms with Gasteiger partial charge in [-0.15, -0.1) is 6.42 Å². The van der Waals surface area contributed by atoms with Gasteiger partial charge in [-0.05, 0) is 0 Å². The predicted octanol–water partition coefficient (Wildman–Crippen LogP) is 0.184. The van der Waals surface area contributed by atoms with Gasteiger partial charge in [-0.1, -0.05) is 5.92 Å². The highest BCUT2D eigenvalue weighted by molar-refractivity contribution is 5.91. The van der Waals surface area contributed by atoms with Crippen molar-refractivity contribution in [3.63, 3.8) is 0 Å². The number of hydrogen-bond donors (Lipinski definition) is 1. The molecule has 0 aliphatic heterocycles. The smallest absolute Gasteiger partial charge is 0.416 e. The van der Waals surface area contributed by atoms with Crippen molar-refractivity contribution in [2.24, 2.45) is 0 Å². The Balaban J connectivity index is 4.26. The monoisotopic (exact) mass is 183 g/mol. The molecular weight excluding hydrogens is 170 g/mol. The van der Waals surface area contributed by atoms with Gasteiger partial charge in [-0.2, -0.15) is 0 Å². The van der Waals surface area contributed by atoms with Crippen molar-refractivity contribution >= 4 is 12.1 Å². The lowest BCUT2D eigenvalue weighted by Crippen LogP contribution is -2.42. The molecule has 0 fully saturated rings. The summed E-state index contributed by atoms with van der Waals surface area (Å²) >= 11 is 0. The highest BCUT2D eigenvalue weighted by atomic mass is 16.5. The summed E-state index contributed by atoms with van der Waals surface area (Å²) in [6.45, 7) is 0.278. The zero-order valence-corrected chi connectivity index (χ0v) is 8.00. The molecule has 0 aliphatic rings. The fourth-order valence-electron chi connectivity index (χ4n) is 0.691. The summed E-state index contributed by atoms with van der Waals surface area (Å²) in [5, 5.41) is 7.49. The van der Waals surface area contributed by atoms with Gasteiger partial charge in [-0.25, -0.2) is 4.79 Å². The lowest BCUT2D eigenvalue weighted by molar-refractivity contribution is 0.148. The number of nitrogens with zero attached hydrogens (tertiary/aromatic N) is 2. The van der Waals surface area contributed by atoms with Crippen LogP contribution in [-0.2, 0) is 4.74 Å². The van der Waals surface area contributed by atoms with Gasteiger partial charge in [0.15, 0.2) is 0 Å². The number of methoxy groups -OCH3 is 1. The summed E-state index contributed by atoms with van der Waals surface area (Å²) in [7, 11) is 4.33. The van der Waals surface area contributed by atoms with Crippen LogP contribution in [0.1, 0.15) is 0 Å². The molecule has 0 aromatic heterocycles. The maximum Gasteiger partial charge on any atom is 0.416 e. The molecule has 72 valence electrons. The number of carbonyl (C=O) groups excluding carboxylic acids is 1. The first-order valence-electron chi connectivity index (χ1n) is 3.59. The van der Waals surface area contributed by atoms with Crippen molar-refractivity contribution in [1.29, 1.82) is 5.41 Å². The van der Waals surface area contributed by atoms with Gasteiger partial charge >= 0.3 is 6.09 Å². The maximum absolute atomic E-state index is 10.9. The Hall–Kier alpha value is -1.70. The van der Waals surface area contributed by atoms with Crippen LogP contribution in [0, 0.1) is 17.8 Å². The van der Waals surface area contributed by atoms with Crippen molar-refractivity contribution in [1.82, 2.24) is 9.80 Å². The third-order valence-electron chi connectivity index (χ3n) is 1.46. The number of rotatable bonds is 1. The molecule has 0 aromatic carbocycles. The van der Waals surface area contributed by atoms with E-state index in [0.29, 0.717) is 0 Å². The molecule has 0 spiro atoms. The van der Waals surface area contributed by atoms with Crippen LogP contribution in [0.3, 0.4) is 0 Å². The lowest BCUT2D eigenvalue weighted by Gasteiger charge is -2.23. The normalized spacial score (nSPS) is 8.46. The molecule has 0 heterocycles. The van der Waals surface area contributed by atoms with Crippen LogP contribution >= 0.6 is 0 Å². The Kier molecular flexibility index (Phi) is 4.38. The third-order valence-corrected chi connectivity index (χ3v) is 1.46. The number of hydrogen-bond acceptors (Lipinski definition) is 3. The van der Waals surface area contributed by atoms with E-state index in [1.54, 1.807) is 7.05 Å². The van der Waals surface area contributed by atoms with Gasteiger partial charge in [-0.3, -0.25) is 10.3 Å². The van der Waals surface area contributed by atoms with Crippen LogP contribution in [0.2, 0.25) is 0 Å². The Bertz CT molecular complexity index is 244. The molecule has 5 heteroatoms. The Morgan fingerprint density at radius 1 is 1.62 bits per heavy atom. The van der Waals surface area contributed by atoms with Crippen molar-refractivity contribution in [2.45, 2.75) is 0 Å². The molecule has 0 bridgehead atoms. The average Bonchev–Trinajstić information content (AvgIpc) is 2.14. The zero-order chi connectivity index (χ0) is 10.4. The standard InChI is InChI=1S/C8H13N3O2/c1-5-6-10(2)7(9)11(3)8(12)13-4/h1,9H,6H2,2-4H3. The first kappa shape index (κ1) is 11.3. The fourth-order valence-corrected chi connectivity index (χ4v) is 0.691. The number of guanidine groups is 1. The molecule has 1 N–H and O–H groups in total. The summed E-state index contributed by atoms with van der Waals surface area (Å²) in [5.74, 6) is 2.37. The second kappa shape index (κ2) is 5.04. The molecule has 5 nitrogen and oxygen atoms in total. The van der Waals surface area contributed by atoms with Crippen LogP contribution in [-0.4, -0.2) is 49.6 Å². The molecule has 0 rings (SSSR count). The fraction of sp³-hybridized carbons (Fsp3) is 0.500. The molecule has 0 saturated heterocycles. The highest BCUT2D eigenvalue weighted by Crippen LogP contribution is 1.93. The van der Waals surface area contributed by atoms with E-state index in [9.17, 15) is 4.79 Å². The second-order valence-electron chi connectivity index (χ2n) is 2.41. The number of amides is 1. The molecule has 0 atom stereocenters. The van der Waals surface area contributed by atoms with Crippen LogP contribution in [0.25, 0.3) is 0 Å². The van der Waals surface area contributed by atoms with Crippen molar-refractivity contribution in [3.8, 4) is 12.3 Å². The Labute approximate surface area is 77.8 Å². The SMILES string of the molecule is C#CCN(C)C(=N)N(C)C(=O)OC. The molecule has 0 radical (unpaired) electrons. The Morgan fingerprint density at radius 3 is 2.54 bits per heavy atom.